The molecule has 0 aliphatic heterocycles. The number of phenols is 1. The van der Waals surface area contributed by atoms with E-state index in [9.17, 15) is 15.2 Å². The number of phenolic OH excluding ortho intramolecular Hbond substituents is 1. The van der Waals surface area contributed by atoms with Crippen LogP contribution in [-0.2, 0) is 11.3 Å². The third-order valence-corrected chi connectivity index (χ3v) is 3.95. The van der Waals surface area contributed by atoms with Crippen molar-refractivity contribution >= 4 is 27.9 Å². The molecule has 2 aromatic rings. The molecule has 0 unspecified atom stereocenters. The number of aromatic hydroxyl groups is 1. The molecule has 122 valence electrons. The minimum atomic E-state index is -0.472. The molecule has 0 aliphatic rings. The SMILES string of the molecule is COc1cc(C=C(C#N)C(=O)NCc2ccccc2)c(Br)cc1O. The lowest BCUT2D eigenvalue weighted by atomic mass is 10.1. The number of amides is 1. The van der Waals surface area contributed by atoms with Gasteiger partial charge >= 0.3 is 0 Å². The summed E-state index contributed by atoms with van der Waals surface area (Å²) in [7, 11) is 1.42. The Bertz CT molecular complexity index is 811. The highest BCUT2D eigenvalue weighted by atomic mass is 79.9. The Morgan fingerprint density at radius 3 is 2.71 bits per heavy atom. The van der Waals surface area contributed by atoms with Gasteiger partial charge < -0.3 is 15.2 Å². The fourth-order valence-electron chi connectivity index (χ4n) is 2.01. The number of carbonyl (C=O) groups excluding carboxylic acids is 1. The highest BCUT2D eigenvalue weighted by Gasteiger charge is 2.12. The molecule has 0 saturated heterocycles. The van der Waals surface area contributed by atoms with Crippen LogP contribution in [0.4, 0.5) is 0 Å². The van der Waals surface area contributed by atoms with E-state index < -0.39 is 5.91 Å². The summed E-state index contributed by atoms with van der Waals surface area (Å²) >= 11 is 3.29. The number of benzene rings is 2. The van der Waals surface area contributed by atoms with E-state index in [-0.39, 0.29) is 17.1 Å². The number of nitrogens with one attached hydrogen (secondary N) is 1. The number of carbonyl (C=O) groups is 1. The van der Waals surface area contributed by atoms with Crippen LogP contribution in [0.5, 0.6) is 11.5 Å². The predicted octanol–water partition coefficient (Wildman–Crippen LogP) is 3.39. The lowest BCUT2D eigenvalue weighted by molar-refractivity contribution is -0.117. The Labute approximate surface area is 148 Å². The number of nitrogens with zero attached hydrogens (tertiary/aromatic N) is 1. The average molecular weight is 387 g/mol. The number of rotatable bonds is 5. The number of nitriles is 1. The van der Waals surface area contributed by atoms with Crippen molar-refractivity contribution in [1.82, 2.24) is 5.32 Å². The summed E-state index contributed by atoms with van der Waals surface area (Å²) in [6.07, 6.45) is 1.44. The van der Waals surface area contributed by atoms with Gasteiger partial charge in [-0.2, -0.15) is 5.26 Å². The van der Waals surface area contributed by atoms with E-state index in [2.05, 4.69) is 21.2 Å². The summed E-state index contributed by atoms with van der Waals surface area (Å²) in [6, 6.07) is 14.3. The van der Waals surface area contributed by atoms with Gasteiger partial charge in [-0.05, 0) is 29.3 Å². The van der Waals surface area contributed by atoms with Gasteiger partial charge in [-0.25, -0.2) is 0 Å². The first-order valence-electron chi connectivity index (χ1n) is 7.05. The third-order valence-electron chi connectivity index (χ3n) is 3.26. The second kappa shape index (κ2) is 8.18. The van der Waals surface area contributed by atoms with Gasteiger partial charge in [0.2, 0.25) is 0 Å². The molecule has 0 aliphatic carbocycles. The topological polar surface area (TPSA) is 82.3 Å². The Morgan fingerprint density at radius 2 is 2.08 bits per heavy atom. The maximum atomic E-state index is 12.2. The summed E-state index contributed by atoms with van der Waals surface area (Å²) < 4.78 is 5.58. The average Bonchev–Trinajstić information content (AvgIpc) is 2.60. The van der Waals surface area contributed by atoms with Crippen LogP contribution < -0.4 is 10.1 Å². The number of hydrogen-bond donors (Lipinski definition) is 2. The second-order valence-electron chi connectivity index (χ2n) is 4.88. The number of methoxy groups -OCH3 is 1. The Balaban J connectivity index is 2.20. The fraction of sp³-hybridized carbons (Fsp3) is 0.111. The van der Waals surface area contributed by atoms with E-state index in [0.717, 1.165) is 5.56 Å². The molecule has 1 amide bonds. The van der Waals surface area contributed by atoms with Crippen LogP contribution >= 0.6 is 15.9 Å². The van der Waals surface area contributed by atoms with Crippen molar-refractivity contribution in [3.63, 3.8) is 0 Å². The van der Waals surface area contributed by atoms with Crippen molar-refractivity contribution < 1.29 is 14.6 Å². The third kappa shape index (κ3) is 4.37. The van der Waals surface area contributed by atoms with E-state index in [1.165, 1.54) is 19.3 Å². The van der Waals surface area contributed by atoms with Gasteiger partial charge in [0.25, 0.3) is 5.91 Å². The molecule has 0 atom stereocenters. The smallest absolute Gasteiger partial charge is 0.262 e. The standard InChI is InChI=1S/C18H15BrN2O3/c1-24-17-8-13(15(19)9-16(17)22)7-14(10-20)18(23)21-11-12-5-3-2-4-6-12/h2-9,22H,11H2,1H3,(H,21,23). The van der Waals surface area contributed by atoms with Gasteiger partial charge in [-0.1, -0.05) is 46.3 Å². The molecule has 0 spiro atoms. The van der Waals surface area contributed by atoms with E-state index in [0.29, 0.717) is 16.6 Å². The molecule has 0 saturated carbocycles. The summed E-state index contributed by atoms with van der Waals surface area (Å²) in [4.78, 5) is 12.2. The van der Waals surface area contributed by atoms with Crippen LogP contribution in [-0.4, -0.2) is 18.1 Å². The van der Waals surface area contributed by atoms with Gasteiger partial charge in [0.15, 0.2) is 11.5 Å². The van der Waals surface area contributed by atoms with Gasteiger partial charge in [-0.3, -0.25) is 4.79 Å². The molecule has 0 bridgehead atoms. The fourth-order valence-corrected chi connectivity index (χ4v) is 2.46. The lowest BCUT2D eigenvalue weighted by Gasteiger charge is -2.08. The van der Waals surface area contributed by atoms with Gasteiger partial charge in [0.1, 0.15) is 11.6 Å². The van der Waals surface area contributed by atoms with E-state index in [4.69, 9.17) is 4.74 Å². The van der Waals surface area contributed by atoms with Crippen LogP contribution in [0.1, 0.15) is 11.1 Å². The molecule has 0 radical (unpaired) electrons. The minimum Gasteiger partial charge on any atom is -0.504 e. The van der Waals surface area contributed by atoms with E-state index in [1.54, 1.807) is 6.07 Å². The van der Waals surface area contributed by atoms with Crippen molar-refractivity contribution in [2.75, 3.05) is 7.11 Å². The van der Waals surface area contributed by atoms with Gasteiger partial charge in [0, 0.05) is 11.0 Å². The molecular formula is C18H15BrN2O3. The molecule has 24 heavy (non-hydrogen) atoms. The largest absolute Gasteiger partial charge is 0.504 e. The first kappa shape index (κ1) is 17.6. The van der Waals surface area contributed by atoms with Crippen molar-refractivity contribution in [2.24, 2.45) is 0 Å². The first-order chi connectivity index (χ1) is 11.5. The van der Waals surface area contributed by atoms with Crippen molar-refractivity contribution in [3.05, 3.63) is 63.6 Å². The summed E-state index contributed by atoms with van der Waals surface area (Å²) in [6.45, 7) is 0.332. The molecule has 0 aromatic heterocycles. The summed E-state index contributed by atoms with van der Waals surface area (Å²) in [5, 5.41) is 21.7. The molecule has 2 rings (SSSR count). The molecule has 0 fully saturated rings. The number of halogens is 1. The summed E-state index contributed by atoms with van der Waals surface area (Å²) in [5.41, 5.74) is 1.45. The Kier molecular flexibility index (Phi) is 5.99. The van der Waals surface area contributed by atoms with Crippen molar-refractivity contribution in [2.45, 2.75) is 6.54 Å². The molecule has 2 aromatic carbocycles. The summed E-state index contributed by atoms with van der Waals surface area (Å²) in [5.74, 6) is -0.250. The van der Waals surface area contributed by atoms with Gasteiger partial charge in [-0.15, -0.1) is 0 Å². The molecule has 5 nitrogen and oxygen atoms in total. The second-order valence-corrected chi connectivity index (χ2v) is 5.74. The first-order valence-corrected chi connectivity index (χ1v) is 7.85. The molecular weight excluding hydrogens is 372 g/mol. The van der Waals surface area contributed by atoms with Crippen LogP contribution in [0.15, 0.2) is 52.5 Å². The molecule has 2 N–H and O–H groups in total. The zero-order chi connectivity index (χ0) is 17.5. The van der Waals surface area contributed by atoms with Crippen LogP contribution in [0.2, 0.25) is 0 Å². The van der Waals surface area contributed by atoms with E-state index in [1.807, 2.05) is 36.4 Å². The highest BCUT2D eigenvalue weighted by molar-refractivity contribution is 9.10. The zero-order valence-corrected chi connectivity index (χ0v) is 14.5. The van der Waals surface area contributed by atoms with Crippen LogP contribution in [0, 0.1) is 11.3 Å². The van der Waals surface area contributed by atoms with E-state index >= 15 is 0 Å². The maximum absolute atomic E-state index is 12.2. The highest BCUT2D eigenvalue weighted by Crippen LogP contribution is 2.33. The van der Waals surface area contributed by atoms with Crippen LogP contribution in [0.3, 0.4) is 0 Å². The van der Waals surface area contributed by atoms with Crippen molar-refractivity contribution in [3.8, 4) is 17.6 Å². The molecule has 6 heteroatoms. The quantitative estimate of drug-likeness (QED) is 0.609. The number of hydrogen-bond acceptors (Lipinski definition) is 4. The predicted molar refractivity (Wildman–Crippen MR) is 94.2 cm³/mol. The lowest BCUT2D eigenvalue weighted by Crippen LogP contribution is -2.23. The monoisotopic (exact) mass is 386 g/mol. The maximum Gasteiger partial charge on any atom is 0.262 e. The zero-order valence-electron chi connectivity index (χ0n) is 12.9. The molecule has 0 heterocycles. The number of ether oxygens (including phenoxy) is 1. The van der Waals surface area contributed by atoms with Crippen molar-refractivity contribution in [1.29, 1.82) is 5.26 Å². The Morgan fingerprint density at radius 1 is 1.38 bits per heavy atom. The normalized spacial score (nSPS) is 10.8. The van der Waals surface area contributed by atoms with Crippen LogP contribution in [0.25, 0.3) is 6.08 Å². The van der Waals surface area contributed by atoms with Gasteiger partial charge in [0.05, 0.1) is 7.11 Å². The minimum absolute atomic E-state index is 0.0337. The Hall–Kier alpha value is -2.78.